The van der Waals surface area contributed by atoms with Gasteiger partial charge in [0.1, 0.15) is 5.60 Å². The number of likely N-dealkylation sites (tertiary alicyclic amines) is 1. The van der Waals surface area contributed by atoms with Gasteiger partial charge in [-0.15, -0.1) is 0 Å². The molecule has 1 heterocycles. The molecule has 1 N–H and O–H groups in total. The smallest absolute Gasteiger partial charge is 0.410 e. The second kappa shape index (κ2) is 8.34. The number of carbonyl (C=O) groups excluding carboxylic acids is 1. The molecule has 23 heavy (non-hydrogen) atoms. The number of hydrogen-bond acceptors (Lipinski definition) is 4. The Hall–Kier alpha value is -0.810. The molecule has 0 radical (unpaired) electrons. The molecule has 1 rings (SSSR count). The maximum absolute atomic E-state index is 12.0. The van der Waals surface area contributed by atoms with Crippen LogP contribution >= 0.6 is 0 Å². The van der Waals surface area contributed by atoms with Gasteiger partial charge in [0, 0.05) is 32.2 Å². The Morgan fingerprint density at radius 1 is 1.39 bits per heavy atom. The van der Waals surface area contributed by atoms with Crippen molar-refractivity contribution in [2.45, 2.75) is 65.6 Å². The number of amides is 1. The van der Waals surface area contributed by atoms with E-state index in [1.807, 2.05) is 27.8 Å². The van der Waals surface area contributed by atoms with Crippen LogP contribution in [-0.2, 0) is 4.74 Å². The fourth-order valence-corrected chi connectivity index (χ4v) is 3.12. The summed E-state index contributed by atoms with van der Waals surface area (Å²) in [5, 5.41) is 3.71. The number of carbonyl (C=O) groups is 1. The highest BCUT2D eigenvalue weighted by atomic mass is 16.6. The third-order valence-electron chi connectivity index (χ3n) is 4.63. The molecule has 5 nitrogen and oxygen atoms in total. The van der Waals surface area contributed by atoms with E-state index in [0.29, 0.717) is 30.5 Å². The van der Waals surface area contributed by atoms with E-state index in [1.165, 1.54) is 6.42 Å². The van der Waals surface area contributed by atoms with Gasteiger partial charge in [0.2, 0.25) is 0 Å². The molecule has 5 heteroatoms. The fourth-order valence-electron chi connectivity index (χ4n) is 3.12. The van der Waals surface area contributed by atoms with E-state index < -0.39 is 5.60 Å². The second-order valence-corrected chi connectivity index (χ2v) is 8.48. The van der Waals surface area contributed by atoms with Crippen LogP contribution in [0.2, 0.25) is 0 Å². The Labute approximate surface area is 142 Å². The van der Waals surface area contributed by atoms with E-state index >= 15 is 0 Å². The summed E-state index contributed by atoms with van der Waals surface area (Å²) in [4.78, 5) is 16.1. The van der Waals surface area contributed by atoms with Gasteiger partial charge in [-0.25, -0.2) is 4.79 Å². The van der Waals surface area contributed by atoms with E-state index in [1.54, 1.807) is 4.90 Å². The number of piperidine rings is 1. The van der Waals surface area contributed by atoms with Crippen molar-refractivity contribution in [3.63, 3.8) is 0 Å². The first kappa shape index (κ1) is 20.2. The molecular weight excluding hydrogens is 290 g/mol. The maximum atomic E-state index is 12.0. The molecule has 0 bridgehead atoms. The number of nitrogens with one attached hydrogen (secondary N) is 1. The van der Waals surface area contributed by atoms with Crippen LogP contribution in [0.25, 0.3) is 0 Å². The Bertz CT molecular complexity index is 381. The first-order valence-electron chi connectivity index (χ1n) is 8.87. The Morgan fingerprint density at radius 2 is 2.00 bits per heavy atom. The molecule has 1 amide bonds. The Morgan fingerprint density at radius 3 is 2.57 bits per heavy atom. The van der Waals surface area contributed by atoms with Crippen molar-refractivity contribution in [1.29, 1.82) is 0 Å². The third kappa shape index (κ3) is 7.08. The number of ether oxygens (including phenoxy) is 1. The van der Waals surface area contributed by atoms with Crippen molar-refractivity contribution in [3.05, 3.63) is 0 Å². The lowest BCUT2D eigenvalue weighted by atomic mass is 9.89. The molecule has 4 unspecified atom stereocenters. The fraction of sp³-hybridized carbons (Fsp3) is 0.944. The van der Waals surface area contributed by atoms with Gasteiger partial charge in [0.15, 0.2) is 0 Å². The van der Waals surface area contributed by atoms with Crippen LogP contribution in [0, 0.1) is 11.8 Å². The van der Waals surface area contributed by atoms with Crippen LogP contribution in [0.15, 0.2) is 0 Å². The summed E-state index contributed by atoms with van der Waals surface area (Å²) < 4.78 is 5.40. The van der Waals surface area contributed by atoms with Gasteiger partial charge in [-0.2, -0.15) is 0 Å². The topological polar surface area (TPSA) is 44.8 Å². The van der Waals surface area contributed by atoms with Crippen molar-refractivity contribution in [1.82, 2.24) is 15.1 Å². The zero-order valence-corrected chi connectivity index (χ0v) is 16.3. The lowest BCUT2D eigenvalue weighted by Crippen LogP contribution is -2.52. The minimum absolute atomic E-state index is 0.245. The zero-order valence-electron chi connectivity index (χ0n) is 16.3. The van der Waals surface area contributed by atoms with Gasteiger partial charge in [0.25, 0.3) is 0 Å². The summed E-state index contributed by atoms with van der Waals surface area (Å²) in [5.74, 6) is 1.06. The highest BCUT2D eigenvalue weighted by Gasteiger charge is 2.29. The molecule has 0 aromatic rings. The number of hydrogen-bond donors (Lipinski definition) is 1. The normalized spacial score (nSPS) is 27.6. The second-order valence-electron chi connectivity index (χ2n) is 8.48. The van der Waals surface area contributed by atoms with Crippen LogP contribution < -0.4 is 5.32 Å². The van der Waals surface area contributed by atoms with Crippen LogP contribution in [0.5, 0.6) is 0 Å². The maximum Gasteiger partial charge on any atom is 0.410 e. The Kier molecular flexibility index (Phi) is 7.33. The standard InChI is InChI=1S/C18H37N3O2/c1-13(11-21(8)17(22)23-18(4,5)6)10-19-16-9-15(3)20(7)12-14(16)2/h13-16,19H,9-12H2,1-8H3. The third-order valence-corrected chi connectivity index (χ3v) is 4.63. The van der Waals surface area contributed by atoms with Crippen LogP contribution in [0.4, 0.5) is 4.79 Å². The molecule has 136 valence electrons. The minimum atomic E-state index is -0.438. The zero-order chi connectivity index (χ0) is 17.8. The molecule has 1 aliphatic heterocycles. The molecule has 0 aliphatic carbocycles. The van der Waals surface area contributed by atoms with Crippen LogP contribution in [-0.4, -0.2) is 67.3 Å². The predicted octanol–water partition coefficient (Wildman–Crippen LogP) is 2.81. The van der Waals surface area contributed by atoms with Crippen molar-refractivity contribution in [2.24, 2.45) is 11.8 Å². The molecule has 0 spiro atoms. The van der Waals surface area contributed by atoms with Crippen molar-refractivity contribution in [3.8, 4) is 0 Å². The number of nitrogens with zero attached hydrogens (tertiary/aromatic N) is 2. The summed E-state index contributed by atoms with van der Waals surface area (Å²) >= 11 is 0. The quantitative estimate of drug-likeness (QED) is 0.843. The van der Waals surface area contributed by atoms with Crippen molar-refractivity contribution in [2.75, 3.05) is 33.7 Å². The lowest BCUT2D eigenvalue weighted by molar-refractivity contribution is 0.0274. The van der Waals surface area contributed by atoms with Crippen molar-refractivity contribution < 1.29 is 9.53 Å². The van der Waals surface area contributed by atoms with Crippen LogP contribution in [0.1, 0.15) is 48.0 Å². The minimum Gasteiger partial charge on any atom is -0.444 e. The summed E-state index contributed by atoms with van der Waals surface area (Å²) in [6.45, 7) is 15.3. The van der Waals surface area contributed by atoms with E-state index in [9.17, 15) is 4.79 Å². The average molecular weight is 328 g/mol. The molecular formula is C18H37N3O2. The summed E-state index contributed by atoms with van der Waals surface area (Å²) in [5.41, 5.74) is -0.438. The molecule has 1 fully saturated rings. The van der Waals surface area contributed by atoms with E-state index in [4.69, 9.17) is 4.74 Å². The highest BCUT2D eigenvalue weighted by Crippen LogP contribution is 2.21. The molecule has 1 saturated heterocycles. The molecule has 1 aliphatic rings. The Balaban J connectivity index is 2.36. The van der Waals surface area contributed by atoms with Crippen LogP contribution in [0.3, 0.4) is 0 Å². The predicted molar refractivity (Wildman–Crippen MR) is 95.7 cm³/mol. The van der Waals surface area contributed by atoms with Gasteiger partial charge in [0.05, 0.1) is 0 Å². The largest absolute Gasteiger partial charge is 0.444 e. The van der Waals surface area contributed by atoms with Gasteiger partial charge in [-0.3, -0.25) is 0 Å². The van der Waals surface area contributed by atoms with E-state index in [0.717, 1.165) is 13.1 Å². The van der Waals surface area contributed by atoms with Crippen molar-refractivity contribution >= 4 is 6.09 Å². The average Bonchev–Trinajstić information content (AvgIpc) is 2.39. The summed E-state index contributed by atoms with van der Waals surface area (Å²) in [6.07, 6.45) is 0.942. The first-order chi connectivity index (χ1) is 10.5. The first-order valence-corrected chi connectivity index (χ1v) is 8.87. The number of rotatable bonds is 5. The van der Waals surface area contributed by atoms with Gasteiger partial charge in [-0.1, -0.05) is 13.8 Å². The molecule has 0 aromatic carbocycles. The molecule has 4 atom stereocenters. The van der Waals surface area contributed by atoms with Gasteiger partial charge >= 0.3 is 6.09 Å². The molecule has 0 saturated carbocycles. The van der Waals surface area contributed by atoms with E-state index in [2.05, 4.69) is 38.0 Å². The van der Waals surface area contributed by atoms with Gasteiger partial charge in [-0.05, 0) is 59.5 Å². The molecule has 0 aromatic heterocycles. The summed E-state index contributed by atoms with van der Waals surface area (Å²) in [7, 11) is 4.01. The highest BCUT2D eigenvalue weighted by molar-refractivity contribution is 5.67. The summed E-state index contributed by atoms with van der Waals surface area (Å²) in [6, 6.07) is 1.19. The lowest BCUT2D eigenvalue weighted by Gasteiger charge is -2.40. The SMILES string of the molecule is CC(CNC1CC(C)N(C)CC1C)CN(C)C(=O)OC(C)(C)C. The monoisotopic (exact) mass is 327 g/mol. The van der Waals surface area contributed by atoms with Gasteiger partial charge < -0.3 is 19.9 Å². The van der Waals surface area contributed by atoms with E-state index in [-0.39, 0.29) is 6.09 Å².